The second-order valence-electron chi connectivity index (χ2n) is 8.09. The first-order chi connectivity index (χ1) is 14.2. The summed E-state index contributed by atoms with van der Waals surface area (Å²) in [6, 6.07) is 11.0. The van der Waals surface area contributed by atoms with Crippen molar-refractivity contribution in [3.63, 3.8) is 0 Å². The van der Waals surface area contributed by atoms with Gasteiger partial charge in [0, 0.05) is 24.0 Å². The van der Waals surface area contributed by atoms with Gasteiger partial charge in [0.05, 0.1) is 22.3 Å². The number of carbonyl (C=O) groups is 1. The van der Waals surface area contributed by atoms with E-state index in [1.165, 1.54) is 15.6 Å². The number of aryl methyl sites for hydroxylation is 1. The van der Waals surface area contributed by atoms with Crippen LogP contribution < -0.4 is 4.90 Å². The van der Waals surface area contributed by atoms with Crippen LogP contribution >= 0.6 is 11.3 Å². The molecule has 29 heavy (non-hydrogen) atoms. The summed E-state index contributed by atoms with van der Waals surface area (Å²) in [6.45, 7) is 3.74. The van der Waals surface area contributed by atoms with Gasteiger partial charge < -0.3 is 14.8 Å². The second-order valence-corrected chi connectivity index (χ2v) is 9.18. The molecule has 0 saturated carbocycles. The molecule has 1 N–H and O–H groups in total. The average Bonchev–Trinajstić information content (AvgIpc) is 3.42. The quantitative estimate of drug-likeness (QED) is 0.550. The molecule has 2 saturated heterocycles. The van der Waals surface area contributed by atoms with Crippen molar-refractivity contribution >= 4 is 44.2 Å². The number of benzene rings is 1. The number of aromatic nitrogens is 3. The fraction of sp³-hybridized carbons (Fsp3) is 0.318. The van der Waals surface area contributed by atoms with Crippen LogP contribution in [0.5, 0.6) is 0 Å². The van der Waals surface area contributed by atoms with Gasteiger partial charge in [-0.15, -0.1) is 11.3 Å². The minimum absolute atomic E-state index is 0.186. The molecule has 2 unspecified atom stereocenters. The molecular weight excluding hydrogens is 382 g/mol. The summed E-state index contributed by atoms with van der Waals surface area (Å²) in [6.07, 6.45) is 5.63. The number of nitrogens with zero attached hydrogens (tertiary/aromatic N) is 4. The van der Waals surface area contributed by atoms with Crippen LogP contribution in [0.25, 0.3) is 21.1 Å². The van der Waals surface area contributed by atoms with Crippen molar-refractivity contribution in [2.75, 3.05) is 18.0 Å². The van der Waals surface area contributed by atoms with Gasteiger partial charge in [-0.25, -0.2) is 9.97 Å². The standard InChI is InChI=1S/C22H21N5OS/c1-13-2-5-18-14(8-13)9-19(29-18)22(28)27-15-3-4-16(27)11-26(10-15)21-17-6-7-23-20(17)24-12-25-21/h2,5-9,12,15-16H,3-4,10-11H2,1H3,(H,23,24,25). The lowest BCUT2D eigenvalue weighted by atomic mass is 10.1. The molecule has 5 heterocycles. The topological polar surface area (TPSA) is 65.1 Å². The first-order valence-corrected chi connectivity index (χ1v) is 10.8. The molecular formula is C22H21N5OS. The highest BCUT2D eigenvalue weighted by Gasteiger charge is 2.43. The first kappa shape index (κ1) is 17.0. The third-order valence-electron chi connectivity index (χ3n) is 6.23. The van der Waals surface area contributed by atoms with Crippen LogP contribution in [0, 0.1) is 6.92 Å². The van der Waals surface area contributed by atoms with Crippen molar-refractivity contribution in [2.24, 2.45) is 0 Å². The monoisotopic (exact) mass is 403 g/mol. The maximum Gasteiger partial charge on any atom is 0.264 e. The largest absolute Gasteiger partial charge is 0.352 e. The number of H-pyrrole nitrogens is 1. The van der Waals surface area contributed by atoms with E-state index in [2.05, 4.69) is 55.9 Å². The molecule has 6 nitrogen and oxygen atoms in total. The fourth-order valence-corrected chi connectivity index (χ4v) is 5.90. The van der Waals surface area contributed by atoms with Crippen LogP contribution in [0.2, 0.25) is 0 Å². The lowest BCUT2D eigenvalue weighted by Gasteiger charge is -2.41. The summed E-state index contributed by atoms with van der Waals surface area (Å²) in [5.41, 5.74) is 2.09. The van der Waals surface area contributed by atoms with E-state index < -0.39 is 0 Å². The molecule has 6 rings (SSSR count). The van der Waals surface area contributed by atoms with Gasteiger partial charge in [0.15, 0.2) is 0 Å². The molecule has 1 aromatic carbocycles. The summed E-state index contributed by atoms with van der Waals surface area (Å²) in [5, 5.41) is 2.21. The van der Waals surface area contributed by atoms with Crippen LogP contribution in [0.1, 0.15) is 28.1 Å². The van der Waals surface area contributed by atoms with Gasteiger partial charge in [-0.3, -0.25) is 4.79 Å². The van der Waals surface area contributed by atoms with Gasteiger partial charge in [-0.1, -0.05) is 17.7 Å². The molecule has 2 bridgehead atoms. The molecule has 2 atom stereocenters. The molecule has 0 spiro atoms. The van der Waals surface area contributed by atoms with Gasteiger partial charge in [-0.2, -0.15) is 0 Å². The lowest BCUT2D eigenvalue weighted by molar-refractivity contribution is 0.0646. The highest BCUT2D eigenvalue weighted by atomic mass is 32.1. The number of hydrogen-bond donors (Lipinski definition) is 1. The summed E-state index contributed by atoms with van der Waals surface area (Å²) in [7, 11) is 0. The molecule has 2 aliphatic heterocycles. The van der Waals surface area contributed by atoms with E-state index in [4.69, 9.17) is 0 Å². The molecule has 4 aromatic rings. The van der Waals surface area contributed by atoms with Crippen LogP contribution in [-0.2, 0) is 0 Å². The Morgan fingerprint density at radius 1 is 1.14 bits per heavy atom. The van der Waals surface area contributed by atoms with Gasteiger partial charge in [0.2, 0.25) is 0 Å². The Labute approximate surface area is 172 Å². The third kappa shape index (κ3) is 2.64. The molecule has 0 aliphatic carbocycles. The Morgan fingerprint density at radius 2 is 1.97 bits per heavy atom. The zero-order valence-corrected chi connectivity index (χ0v) is 16.9. The van der Waals surface area contributed by atoms with Gasteiger partial charge in [0.1, 0.15) is 17.8 Å². The Kier molecular flexibility index (Phi) is 3.68. The molecule has 146 valence electrons. The number of fused-ring (bicyclic) bond motifs is 4. The number of carbonyl (C=O) groups excluding carboxylic acids is 1. The summed E-state index contributed by atoms with van der Waals surface area (Å²) < 4.78 is 1.18. The number of amides is 1. The van der Waals surface area contributed by atoms with Crippen LogP contribution in [-0.4, -0.2) is 50.9 Å². The zero-order valence-electron chi connectivity index (χ0n) is 16.1. The SMILES string of the molecule is Cc1ccc2sc(C(=O)N3C4CCC3CN(c3ncnc5[nH]ccc35)C4)cc2c1. The van der Waals surface area contributed by atoms with E-state index in [-0.39, 0.29) is 18.0 Å². The van der Waals surface area contributed by atoms with E-state index in [0.29, 0.717) is 0 Å². The zero-order chi connectivity index (χ0) is 19.5. The first-order valence-electron chi connectivity index (χ1n) is 10.0. The Morgan fingerprint density at radius 3 is 2.79 bits per heavy atom. The Hall–Kier alpha value is -2.93. The molecule has 2 aliphatic rings. The number of hydrogen-bond acceptors (Lipinski definition) is 5. The van der Waals surface area contributed by atoms with Gasteiger partial charge >= 0.3 is 0 Å². The van der Waals surface area contributed by atoms with Gasteiger partial charge in [0.25, 0.3) is 5.91 Å². The predicted molar refractivity (Wildman–Crippen MR) is 116 cm³/mol. The Bertz CT molecular complexity index is 1230. The molecule has 0 radical (unpaired) electrons. The van der Waals surface area contributed by atoms with E-state index in [1.807, 2.05) is 12.3 Å². The molecule has 7 heteroatoms. The maximum atomic E-state index is 13.4. The van der Waals surface area contributed by atoms with Crippen LogP contribution in [0.4, 0.5) is 5.82 Å². The van der Waals surface area contributed by atoms with Crippen molar-refractivity contribution in [2.45, 2.75) is 31.8 Å². The minimum atomic E-state index is 0.186. The van der Waals surface area contributed by atoms with Crippen molar-refractivity contribution in [3.8, 4) is 0 Å². The van der Waals surface area contributed by atoms with E-state index in [0.717, 1.165) is 47.7 Å². The number of nitrogens with one attached hydrogen (secondary N) is 1. The summed E-state index contributed by atoms with van der Waals surface area (Å²) in [4.78, 5) is 30.8. The molecule has 3 aromatic heterocycles. The highest BCUT2D eigenvalue weighted by molar-refractivity contribution is 7.20. The number of rotatable bonds is 2. The fourth-order valence-electron chi connectivity index (χ4n) is 4.91. The maximum absolute atomic E-state index is 13.4. The van der Waals surface area contributed by atoms with E-state index in [1.54, 1.807) is 17.7 Å². The molecule has 1 amide bonds. The Balaban J connectivity index is 1.30. The second kappa shape index (κ2) is 6.29. The van der Waals surface area contributed by atoms with Crippen LogP contribution in [0.15, 0.2) is 42.9 Å². The van der Waals surface area contributed by atoms with Crippen LogP contribution in [0.3, 0.4) is 0 Å². The smallest absolute Gasteiger partial charge is 0.264 e. The van der Waals surface area contributed by atoms with E-state index in [9.17, 15) is 4.79 Å². The van der Waals surface area contributed by atoms with Crippen molar-refractivity contribution in [3.05, 3.63) is 53.3 Å². The normalized spacial score (nSPS) is 21.4. The van der Waals surface area contributed by atoms with Crippen molar-refractivity contribution in [1.82, 2.24) is 19.9 Å². The number of anilines is 1. The van der Waals surface area contributed by atoms with E-state index >= 15 is 0 Å². The molecule has 2 fully saturated rings. The minimum Gasteiger partial charge on any atom is -0.352 e. The van der Waals surface area contributed by atoms with Gasteiger partial charge in [-0.05, 0) is 43.4 Å². The van der Waals surface area contributed by atoms with Crippen molar-refractivity contribution in [1.29, 1.82) is 0 Å². The number of thiophene rings is 1. The summed E-state index contributed by atoms with van der Waals surface area (Å²) in [5.74, 6) is 1.16. The predicted octanol–water partition coefficient (Wildman–Crippen LogP) is 3.97. The number of piperazine rings is 1. The van der Waals surface area contributed by atoms with Crippen molar-refractivity contribution < 1.29 is 4.79 Å². The third-order valence-corrected chi connectivity index (χ3v) is 7.34. The number of aromatic amines is 1. The summed E-state index contributed by atoms with van der Waals surface area (Å²) >= 11 is 1.61. The highest BCUT2D eigenvalue weighted by Crippen LogP contribution is 2.36. The lowest BCUT2D eigenvalue weighted by Crippen LogP contribution is -2.56. The average molecular weight is 404 g/mol.